The number of rotatable bonds is 5. The Labute approximate surface area is 161 Å². The van der Waals surface area contributed by atoms with Crippen LogP contribution in [0.3, 0.4) is 0 Å². The van der Waals surface area contributed by atoms with Gasteiger partial charge in [-0.3, -0.25) is 4.55 Å². The first kappa shape index (κ1) is 21.8. The van der Waals surface area contributed by atoms with Crippen molar-refractivity contribution in [3.63, 3.8) is 0 Å². The van der Waals surface area contributed by atoms with E-state index in [2.05, 4.69) is 11.3 Å². The van der Waals surface area contributed by atoms with Gasteiger partial charge in [0.2, 0.25) is 0 Å². The van der Waals surface area contributed by atoms with Gasteiger partial charge in [0.1, 0.15) is 5.75 Å². The first-order chi connectivity index (χ1) is 10.6. The van der Waals surface area contributed by atoms with Gasteiger partial charge in [-0.1, -0.05) is 6.58 Å². The monoisotopic (exact) mass is 598 g/mol. The zero-order valence-corrected chi connectivity index (χ0v) is 16.8. The topological polar surface area (TPSA) is 63.6 Å². The molecule has 0 aliphatic carbocycles. The van der Waals surface area contributed by atoms with Crippen molar-refractivity contribution in [2.45, 2.75) is 24.5 Å². The predicted molar refractivity (Wildman–Crippen MR) is 93.6 cm³/mol. The summed E-state index contributed by atoms with van der Waals surface area (Å²) in [5, 5.41) is -5.58. The van der Waals surface area contributed by atoms with Crippen molar-refractivity contribution in [3.05, 3.63) is 31.4 Å². The molecule has 0 aliphatic rings. The van der Waals surface area contributed by atoms with Gasteiger partial charge < -0.3 is 4.74 Å². The van der Waals surface area contributed by atoms with Crippen molar-refractivity contribution in [1.82, 2.24) is 0 Å². The van der Waals surface area contributed by atoms with Crippen molar-refractivity contribution < 1.29 is 39.7 Å². The molecule has 1 aromatic carbocycles. The molecule has 24 heavy (non-hydrogen) atoms. The van der Waals surface area contributed by atoms with Crippen LogP contribution in [0.1, 0.15) is 12.5 Å². The highest BCUT2D eigenvalue weighted by molar-refractivity contribution is 14.1. The molecule has 1 aromatic rings. The van der Waals surface area contributed by atoms with Crippen LogP contribution < -0.4 is 4.74 Å². The predicted octanol–water partition coefficient (Wildman–Crippen LogP) is 4.72. The van der Waals surface area contributed by atoms with Gasteiger partial charge in [0.25, 0.3) is 6.10 Å². The Morgan fingerprint density at radius 2 is 1.75 bits per heavy atom. The third kappa shape index (κ3) is 4.69. The van der Waals surface area contributed by atoms with E-state index in [1.54, 1.807) is 58.2 Å². The van der Waals surface area contributed by atoms with Gasteiger partial charge in [-0.05, 0) is 75.4 Å². The molecule has 0 heterocycles. The molecule has 1 atom stereocenters. The molecule has 0 saturated heterocycles. The summed E-state index contributed by atoms with van der Waals surface area (Å²) in [5.74, 6) is -0.605. The Morgan fingerprint density at radius 3 is 2.12 bits per heavy atom. The molecule has 0 aliphatic heterocycles. The van der Waals surface area contributed by atoms with Crippen LogP contribution in [0.2, 0.25) is 0 Å². The zero-order valence-electron chi connectivity index (χ0n) is 11.7. The van der Waals surface area contributed by atoms with E-state index < -0.39 is 33.4 Å². The second kappa shape index (κ2) is 7.19. The minimum Gasteiger partial charge on any atom is -0.472 e. The molecule has 0 radical (unpaired) electrons. The van der Waals surface area contributed by atoms with Gasteiger partial charge in [-0.25, -0.2) is 0 Å². The number of ether oxygens (including phenoxy) is 1. The lowest BCUT2D eigenvalue weighted by atomic mass is 10.1. The maximum Gasteiger partial charge on any atom is 0.432 e. The maximum atomic E-state index is 13.6. The number of halogens is 7. The Balaban J connectivity index is 3.51. The van der Waals surface area contributed by atoms with E-state index in [1.165, 1.54) is 0 Å². The Morgan fingerprint density at radius 1 is 1.25 bits per heavy atom. The maximum absolute atomic E-state index is 13.6. The third-order valence-electron chi connectivity index (χ3n) is 2.66. The summed E-state index contributed by atoms with van der Waals surface area (Å²) in [6, 6.07) is 2.58. The lowest BCUT2D eigenvalue weighted by Gasteiger charge is -2.27. The number of alkyl halides is 5. The summed E-state index contributed by atoms with van der Waals surface area (Å²) in [6.45, 7) is 5.16. The molecule has 1 rings (SSSR count). The van der Waals surface area contributed by atoms with Crippen molar-refractivity contribution in [2.24, 2.45) is 0 Å². The minimum absolute atomic E-state index is 0.0425. The standard InChI is InChI=1S/C12H9F5I2O4S/c1-5(2)7-3-6(18)4-8(9(7)19)23-10(11(13,14)15)12(16,17)24(20,21)22/h3-4,10H,1H2,2H3,(H,20,21,22). The van der Waals surface area contributed by atoms with Crippen LogP contribution in [0.4, 0.5) is 22.0 Å². The number of allylic oxidation sites excluding steroid dienone is 1. The van der Waals surface area contributed by atoms with Crippen LogP contribution >= 0.6 is 45.2 Å². The Hall–Kier alpha value is -0.220. The smallest absolute Gasteiger partial charge is 0.432 e. The zero-order chi connectivity index (χ0) is 19.1. The average Bonchev–Trinajstić information content (AvgIpc) is 2.35. The molecule has 0 aromatic heterocycles. The molecular weight excluding hydrogens is 589 g/mol. The number of benzene rings is 1. The highest BCUT2D eigenvalue weighted by Crippen LogP contribution is 2.40. The van der Waals surface area contributed by atoms with Gasteiger partial charge in [0.05, 0.1) is 3.57 Å². The molecule has 1 N–H and O–H groups in total. The summed E-state index contributed by atoms with van der Waals surface area (Å²) in [7, 11) is -6.35. The summed E-state index contributed by atoms with van der Waals surface area (Å²) < 4.78 is 100. The van der Waals surface area contributed by atoms with Crippen molar-refractivity contribution in [1.29, 1.82) is 0 Å². The molecule has 0 fully saturated rings. The quantitative estimate of drug-likeness (QED) is 0.303. The summed E-state index contributed by atoms with van der Waals surface area (Å²) >= 11 is 3.30. The largest absolute Gasteiger partial charge is 0.472 e. The summed E-state index contributed by atoms with van der Waals surface area (Å²) in [4.78, 5) is 0. The molecule has 0 spiro atoms. The van der Waals surface area contributed by atoms with Crippen LogP contribution in [-0.2, 0) is 10.1 Å². The minimum atomic E-state index is -6.35. The first-order valence-electron chi connectivity index (χ1n) is 5.82. The second-order valence-electron chi connectivity index (χ2n) is 4.62. The van der Waals surface area contributed by atoms with E-state index in [0.29, 0.717) is 14.7 Å². The van der Waals surface area contributed by atoms with E-state index in [0.717, 1.165) is 6.07 Å². The van der Waals surface area contributed by atoms with Crippen LogP contribution in [0.15, 0.2) is 18.7 Å². The van der Waals surface area contributed by atoms with Gasteiger partial charge in [-0.15, -0.1) is 0 Å². The van der Waals surface area contributed by atoms with Crippen molar-refractivity contribution in [3.8, 4) is 5.75 Å². The van der Waals surface area contributed by atoms with Gasteiger partial charge >= 0.3 is 21.5 Å². The molecule has 0 bridgehead atoms. The van der Waals surface area contributed by atoms with E-state index in [1.807, 2.05) is 0 Å². The van der Waals surface area contributed by atoms with Crippen LogP contribution in [0.25, 0.3) is 5.57 Å². The average molecular weight is 598 g/mol. The summed E-state index contributed by atoms with van der Waals surface area (Å²) in [6.07, 6.45) is -9.84. The SMILES string of the molecule is C=C(C)c1cc(I)cc(OC(C(F)(F)F)C(F)(F)S(=O)(=O)O)c1I. The highest BCUT2D eigenvalue weighted by atomic mass is 127. The van der Waals surface area contributed by atoms with E-state index in [9.17, 15) is 30.4 Å². The third-order valence-corrected chi connectivity index (χ3v) is 5.29. The molecule has 12 heteroatoms. The second-order valence-corrected chi connectivity index (χ2v) is 8.44. The van der Waals surface area contributed by atoms with E-state index >= 15 is 0 Å². The first-order valence-corrected chi connectivity index (χ1v) is 9.42. The van der Waals surface area contributed by atoms with Gasteiger partial charge in [-0.2, -0.15) is 30.4 Å². The van der Waals surface area contributed by atoms with Gasteiger partial charge in [0.15, 0.2) is 0 Å². The van der Waals surface area contributed by atoms with Crippen LogP contribution in [-0.4, -0.2) is 30.5 Å². The lowest BCUT2D eigenvalue weighted by molar-refractivity contribution is -0.239. The van der Waals surface area contributed by atoms with E-state index in [-0.39, 0.29) is 3.57 Å². The Kier molecular flexibility index (Phi) is 6.53. The fourth-order valence-electron chi connectivity index (χ4n) is 1.55. The van der Waals surface area contributed by atoms with Crippen LogP contribution in [0, 0.1) is 7.14 Å². The molecular formula is C12H9F5I2O4S. The van der Waals surface area contributed by atoms with Crippen LogP contribution in [0.5, 0.6) is 5.75 Å². The van der Waals surface area contributed by atoms with Crippen molar-refractivity contribution in [2.75, 3.05) is 0 Å². The molecule has 136 valence electrons. The van der Waals surface area contributed by atoms with Crippen molar-refractivity contribution >= 4 is 60.9 Å². The molecule has 0 amide bonds. The fraction of sp³-hybridized carbons (Fsp3) is 0.333. The Bertz CT molecular complexity index is 761. The van der Waals surface area contributed by atoms with Gasteiger partial charge in [0, 0.05) is 3.57 Å². The molecule has 0 saturated carbocycles. The summed E-state index contributed by atoms with van der Waals surface area (Å²) in [5.41, 5.74) is 0.793. The van der Waals surface area contributed by atoms with E-state index in [4.69, 9.17) is 4.55 Å². The number of hydrogen-bond donors (Lipinski definition) is 1. The lowest BCUT2D eigenvalue weighted by Crippen LogP contribution is -2.53. The fourth-order valence-corrected chi connectivity index (χ4v) is 3.49. The molecule has 4 nitrogen and oxygen atoms in total. The molecule has 1 unspecified atom stereocenters. The number of hydrogen-bond acceptors (Lipinski definition) is 3. The normalized spacial score (nSPS) is 14.4. The highest BCUT2D eigenvalue weighted by Gasteiger charge is 2.65.